The van der Waals surface area contributed by atoms with Crippen LogP contribution in [0.15, 0.2) is 97.4 Å². The fraction of sp³-hybridized carbons (Fsp3) is 0.596. The van der Waals surface area contributed by atoms with Crippen molar-refractivity contribution in [2.24, 2.45) is 32.5 Å². The van der Waals surface area contributed by atoms with Crippen LogP contribution in [0.1, 0.15) is 154 Å². The molecule has 3 aromatic rings. The third kappa shape index (κ3) is 7.18. The van der Waals surface area contributed by atoms with Gasteiger partial charge in [-0.3, -0.25) is 24.5 Å². The van der Waals surface area contributed by atoms with E-state index in [1.54, 1.807) is 13.8 Å². The summed E-state index contributed by atoms with van der Waals surface area (Å²) in [4.78, 5) is 54.9. The van der Waals surface area contributed by atoms with Crippen LogP contribution in [0, 0.1) is 42.6 Å². The predicted molar refractivity (Wildman–Crippen MR) is 282 cm³/mol. The molecule has 11 aliphatic rings. The molecule has 14 rings (SSSR count). The topological polar surface area (TPSA) is 132 Å². The number of allylic oxidation sites excluding steroid dienone is 1. The lowest BCUT2D eigenvalue weighted by Crippen LogP contribution is -2.35. The molecule has 15 heteroatoms. The number of rotatable bonds is 4. The van der Waals surface area contributed by atoms with E-state index >= 15 is 0 Å². The van der Waals surface area contributed by atoms with Gasteiger partial charge in [0.05, 0.1) is 48.8 Å². The van der Waals surface area contributed by atoms with Gasteiger partial charge in [-0.05, 0) is 116 Å². The van der Waals surface area contributed by atoms with Gasteiger partial charge < -0.3 is 28.9 Å². The van der Waals surface area contributed by atoms with E-state index in [0.717, 1.165) is 67.8 Å². The number of nitrogens with zero attached hydrogens (tertiary/aromatic N) is 4. The number of hydrogen-bond donors (Lipinski definition) is 0. The first-order valence-corrected chi connectivity index (χ1v) is 28.6. The molecule has 72 heavy (non-hydrogen) atoms. The fourth-order valence-corrected chi connectivity index (χ4v) is 16.5. The van der Waals surface area contributed by atoms with Crippen molar-refractivity contribution in [3.05, 3.63) is 124 Å². The van der Waals surface area contributed by atoms with Gasteiger partial charge in [-0.25, -0.2) is 0 Å². The maximum Gasteiger partial charge on any atom is 0.252 e. The monoisotopic (exact) mass is 1170 g/mol. The summed E-state index contributed by atoms with van der Waals surface area (Å²) >= 11 is 10.4. The van der Waals surface area contributed by atoms with E-state index in [2.05, 4.69) is 110 Å². The Morgan fingerprint density at radius 1 is 0.569 bits per heavy atom. The van der Waals surface area contributed by atoms with Crippen molar-refractivity contribution in [1.82, 2.24) is 14.7 Å². The molecule has 4 spiro atoms. The summed E-state index contributed by atoms with van der Waals surface area (Å²) < 4.78 is 21.0. The number of carbonyl (C=O) groups is 3. The molecule has 6 saturated heterocycles. The van der Waals surface area contributed by atoms with Crippen molar-refractivity contribution < 1.29 is 33.5 Å². The molecule has 11 fully saturated rings. The quantitative estimate of drug-likeness (QED) is 0.143. The SMILES string of the molecule is CC(C)[N+](=O)[O-].CC1(C)C2(CCC2)C12C[C@H]1CO[C@H](c3ccc(Br)cc3)N1C2=O.CC1(C)C2(CCC2)[C@@]12C[C@H]1CO[C@H](c3ccc(Br)cc3)N1C2=O.O=C1C(=C2CCC2)C[C@H]2CO[C@H](c3ccc(Br)cc3)N12. The van der Waals surface area contributed by atoms with Crippen LogP contribution in [0.3, 0.4) is 0 Å². The van der Waals surface area contributed by atoms with Crippen molar-refractivity contribution in [3.63, 3.8) is 0 Å². The van der Waals surface area contributed by atoms with Crippen LogP contribution in [0.4, 0.5) is 0 Å². The average molecular weight is 1180 g/mol. The zero-order valence-electron chi connectivity index (χ0n) is 42.3. The van der Waals surface area contributed by atoms with Crippen LogP contribution in [-0.4, -0.2) is 81.3 Å². The van der Waals surface area contributed by atoms with Crippen LogP contribution in [0.5, 0.6) is 0 Å². The van der Waals surface area contributed by atoms with Crippen molar-refractivity contribution in [3.8, 4) is 0 Å². The molecule has 0 N–H and O–H groups in total. The van der Waals surface area contributed by atoms with E-state index in [1.807, 2.05) is 53.4 Å². The van der Waals surface area contributed by atoms with Gasteiger partial charge in [-0.1, -0.05) is 130 Å². The number of halogens is 3. The summed E-state index contributed by atoms with van der Waals surface area (Å²) in [6.45, 7) is 14.4. The minimum Gasteiger partial charge on any atom is -0.352 e. The summed E-state index contributed by atoms with van der Waals surface area (Å²) in [5, 5.41) is 9.50. The number of fused-ring (bicyclic) bond motifs is 5. The molecule has 384 valence electrons. The van der Waals surface area contributed by atoms with E-state index in [0.29, 0.717) is 31.6 Å². The average Bonchev–Trinajstić information content (AvgIpc) is 3.92. The second-order valence-corrected chi connectivity index (χ2v) is 26.4. The van der Waals surface area contributed by atoms with Gasteiger partial charge in [0.2, 0.25) is 17.9 Å². The van der Waals surface area contributed by atoms with Crippen molar-refractivity contribution >= 4 is 65.5 Å². The molecule has 6 heterocycles. The first-order chi connectivity index (χ1) is 34.3. The highest BCUT2D eigenvalue weighted by atomic mass is 79.9. The second-order valence-electron chi connectivity index (χ2n) is 23.7. The molecule has 12 nitrogen and oxygen atoms in total. The first kappa shape index (κ1) is 50.7. The molecule has 1 unspecified atom stereocenters. The Morgan fingerprint density at radius 2 is 0.917 bits per heavy atom. The van der Waals surface area contributed by atoms with Crippen LogP contribution in [0.2, 0.25) is 0 Å². The molecule has 6 aliphatic heterocycles. The van der Waals surface area contributed by atoms with Gasteiger partial charge in [-0.2, -0.15) is 0 Å². The predicted octanol–water partition coefficient (Wildman–Crippen LogP) is 12.8. The van der Waals surface area contributed by atoms with Gasteiger partial charge in [0.1, 0.15) is 0 Å². The maximum absolute atomic E-state index is 13.5. The molecule has 3 amide bonds. The Morgan fingerprint density at radius 3 is 1.21 bits per heavy atom. The molecular weight excluding hydrogens is 1110 g/mol. The molecule has 5 saturated carbocycles. The van der Waals surface area contributed by atoms with E-state index in [9.17, 15) is 24.5 Å². The van der Waals surface area contributed by atoms with Gasteiger partial charge in [0, 0.05) is 60.9 Å². The van der Waals surface area contributed by atoms with E-state index in [4.69, 9.17) is 14.2 Å². The minimum absolute atomic E-state index is 0.111. The highest BCUT2D eigenvalue weighted by Crippen LogP contribution is 2.90. The first-order valence-electron chi connectivity index (χ1n) is 26.2. The molecule has 3 aromatic carbocycles. The van der Waals surface area contributed by atoms with Gasteiger partial charge >= 0.3 is 0 Å². The Balaban J connectivity index is 0.000000111. The molecule has 8 atom stereocenters. The number of hydrogen-bond acceptors (Lipinski definition) is 8. The van der Waals surface area contributed by atoms with Crippen LogP contribution < -0.4 is 0 Å². The lowest BCUT2D eigenvalue weighted by Gasteiger charge is -2.31. The van der Waals surface area contributed by atoms with E-state index in [1.165, 1.54) is 50.5 Å². The minimum atomic E-state index is -0.426. The highest BCUT2D eigenvalue weighted by Gasteiger charge is 2.90. The van der Waals surface area contributed by atoms with Gasteiger partial charge in [0.15, 0.2) is 18.7 Å². The third-order valence-electron chi connectivity index (χ3n) is 20.2. The normalized spacial score (nSPS) is 33.6. The third-order valence-corrected chi connectivity index (χ3v) is 21.8. The number of carbonyl (C=O) groups excluding carboxylic acids is 3. The number of ether oxygens (including phenoxy) is 3. The van der Waals surface area contributed by atoms with E-state index in [-0.39, 0.29) is 80.1 Å². The van der Waals surface area contributed by atoms with Gasteiger partial charge in [-0.15, -0.1) is 0 Å². The van der Waals surface area contributed by atoms with Crippen LogP contribution in [-0.2, 0) is 28.6 Å². The van der Waals surface area contributed by atoms with Crippen LogP contribution >= 0.6 is 47.8 Å². The van der Waals surface area contributed by atoms with Crippen molar-refractivity contribution in [1.29, 1.82) is 0 Å². The second kappa shape index (κ2) is 18.1. The lowest BCUT2D eigenvalue weighted by atomic mass is 9.73. The van der Waals surface area contributed by atoms with E-state index < -0.39 is 6.04 Å². The van der Waals surface area contributed by atoms with Gasteiger partial charge in [0.25, 0.3) is 5.91 Å². The van der Waals surface area contributed by atoms with Crippen molar-refractivity contribution in [2.75, 3.05) is 19.8 Å². The summed E-state index contributed by atoms with van der Waals surface area (Å²) in [6, 6.07) is 24.7. The van der Waals surface area contributed by atoms with Crippen LogP contribution in [0.25, 0.3) is 0 Å². The number of benzene rings is 3. The Hall–Kier alpha value is -3.47. The summed E-state index contributed by atoms with van der Waals surface area (Å²) in [6.07, 6.45) is 13.2. The molecule has 0 radical (unpaired) electrons. The Bertz CT molecular complexity index is 2570. The molecule has 0 bridgehead atoms. The number of amides is 3. The Kier molecular flexibility index (Phi) is 12.7. The summed E-state index contributed by atoms with van der Waals surface area (Å²) in [7, 11) is 0. The molecule has 0 aromatic heterocycles. The lowest BCUT2D eigenvalue weighted by molar-refractivity contribution is -0.513. The zero-order chi connectivity index (χ0) is 50.9. The summed E-state index contributed by atoms with van der Waals surface area (Å²) in [5.41, 5.74) is 6.35. The maximum atomic E-state index is 13.5. The number of nitro groups is 1. The molecular formula is C57H67Br3N4O8. The summed E-state index contributed by atoms with van der Waals surface area (Å²) in [5.74, 6) is 0.922. The fourth-order valence-electron chi connectivity index (χ4n) is 15.7. The standard InChI is InChI=1S/2C19H22BrNO2.C16H16BrNO2.C3H7NO2/c2*1-17(2)18(8-3-9-18)19(17)10-14-11-23-15(21(14)16(19)22)12-4-6-13(20)7-5-12;17-12-6-4-11(5-7-12)16-18-13(9-20-16)8-14(15(18)19)10-2-1-3-10;1-3(2)4(5)6/h2*4-7,14-15H,3,8-11H2,1-2H3;4-7,13,16H,1-3,8-9H2;3H,1-2H3/t14-,15+,19?;14-,15+,19+;13-,16+;/m000./s1. The molecule has 5 aliphatic carbocycles. The van der Waals surface area contributed by atoms with Crippen molar-refractivity contribution in [2.45, 2.75) is 161 Å². The zero-order valence-corrected chi connectivity index (χ0v) is 47.0. The highest BCUT2D eigenvalue weighted by molar-refractivity contribution is 9.11. The smallest absolute Gasteiger partial charge is 0.252 e. The largest absolute Gasteiger partial charge is 0.352 e. The Labute approximate surface area is 448 Å².